The Morgan fingerprint density at radius 3 is 2.35 bits per heavy atom. The van der Waals surface area contributed by atoms with Crippen molar-refractivity contribution in [1.82, 2.24) is 10.2 Å². The number of carbonyl (C=O) groups is 2. The van der Waals surface area contributed by atoms with Gasteiger partial charge in [0, 0.05) is 18.1 Å². The number of amides is 2. The topological polar surface area (TPSA) is 86.8 Å². The molecule has 0 aliphatic rings. The van der Waals surface area contributed by atoms with Crippen LogP contribution in [-0.4, -0.2) is 51.0 Å². The molecule has 2 aromatic rings. The molecule has 31 heavy (non-hydrogen) atoms. The Morgan fingerprint density at radius 2 is 1.81 bits per heavy atom. The zero-order valence-electron chi connectivity index (χ0n) is 18.3. The van der Waals surface area contributed by atoms with E-state index in [1.54, 1.807) is 25.1 Å². The summed E-state index contributed by atoms with van der Waals surface area (Å²) in [5.74, 6) is -0.796. The van der Waals surface area contributed by atoms with Crippen molar-refractivity contribution in [3.8, 4) is 0 Å². The third-order valence-electron chi connectivity index (χ3n) is 4.96. The summed E-state index contributed by atoms with van der Waals surface area (Å²) in [5.41, 5.74) is 3.11. The molecule has 0 saturated carbocycles. The fourth-order valence-corrected chi connectivity index (χ4v) is 4.28. The lowest BCUT2D eigenvalue weighted by Gasteiger charge is -2.31. The summed E-state index contributed by atoms with van der Waals surface area (Å²) in [4.78, 5) is 27.0. The molecule has 0 radical (unpaired) electrons. The average molecular weight is 510 g/mol. The first-order valence-electron chi connectivity index (χ1n) is 9.74. The van der Waals surface area contributed by atoms with Gasteiger partial charge in [0.1, 0.15) is 12.6 Å². The number of aryl methyl sites for hydroxylation is 2. The monoisotopic (exact) mass is 509 g/mol. The van der Waals surface area contributed by atoms with E-state index >= 15 is 0 Å². The molecule has 0 heterocycles. The molecule has 0 spiro atoms. The second-order valence-electron chi connectivity index (χ2n) is 7.50. The largest absolute Gasteiger partial charge is 0.357 e. The molecular weight excluding hydrogens is 482 g/mol. The smallest absolute Gasteiger partial charge is 0.244 e. The van der Waals surface area contributed by atoms with Gasteiger partial charge in [0.2, 0.25) is 21.8 Å². The zero-order chi connectivity index (χ0) is 23.3. The van der Waals surface area contributed by atoms with Gasteiger partial charge < -0.3 is 10.2 Å². The molecule has 2 amide bonds. The molecule has 0 fully saturated rings. The number of sulfonamides is 1. The van der Waals surface area contributed by atoms with Crippen LogP contribution < -0.4 is 9.62 Å². The molecule has 0 bridgehead atoms. The second kappa shape index (κ2) is 10.3. The summed E-state index contributed by atoms with van der Waals surface area (Å²) < 4.78 is 26.9. The minimum absolute atomic E-state index is 0.187. The predicted molar refractivity (Wildman–Crippen MR) is 126 cm³/mol. The van der Waals surface area contributed by atoms with Gasteiger partial charge in [0.15, 0.2) is 0 Å². The number of halogens is 1. The van der Waals surface area contributed by atoms with Crippen molar-refractivity contribution in [3.63, 3.8) is 0 Å². The van der Waals surface area contributed by atoms with Crippen molar-refractivity contribution < 1.29 is 18.0 Å². The van der Waals surface area contributed by atoms with E-state index in [1.807, 2.05) is 38.1 Å². The zero-order valence-corrected chi connectivity index (χ0v) is 20.7. The Kier molecular flexibility index (Phi) is 8.25. The lowest BCUT2D eigenvalue weighted by atomic mass is 10.1. The normalized spacial score (nSPS) is 12.2. The number of anilines is 1. The standard InChI is InChI=1S/C22H28BrN3O4S/c1-15-7-6-8-18(11-15)13-25(17(3)22(28)24-4)21(27)14-26(31(5,29)30)19-9-10-20(23)16(2)12-19/h6-12,17H,13-14H2,1-5H3,(H,24,28)/t17-/m1/s1. The summed E-state index contributed by atoms with van der Waals surface area (Å²) in [6, 6.07) is 11.9. The van der Waals surface area contributed by atoms with Crippen LogP contribution in [0.25, 0.3) is 0 Å². The molecule has 1 atom stereocenters. The van der Waals surface area contributed by atoms with Crippen LogP contribution >= 0.6 is 15.9 Å². The number of likely N-dealkylation sites (N-methyl/N-ethyl adjacent to an activating group) is 1. The van der Waals surface area contributed by atoms with Crippen LogP contribution in [0.2, 0.25) is 0 Å². The molecule has 1 N–H and O–H groups in total. The van der Waals surface area contributed by atoms with Crippen molar-refractivity contribution in [3.05, 3.63) is 63.6 Å². The fourth-order valence-electron chi connectivity index (χ4n) is 3.20. The summed E-state index contributed by atoms with van der Waals surface area (Å²) in [5, 5.41) is 2.56. The maximum atomic E-state index is 13.3. The molecule has 0 saturated heterocycles. The number of hydrogen-bond acceptors (Lipinski definition) is 4. The van der Waals surface area contributed by atoms with Gasteiger partial charge in [0.25, 0.3) is 0 Å². The highest BCUT2D eigenvalue weighted by molar-refractivity contribution is 9.10. The number of rotatable bonds is 8. The van der Waals surface area contributed by atoms with Crippen LogP contribution in [0.1, 0.15) is 23.6 Å². The Balaban J connectivity index is 2.40. The molecule has 0 aromatic heterocycles. The molecule has 0 aliphatic heterocycles. The summed E-state index contributed by atoms with van der Waals surface area (Å²) in [7, 11) is -2.24. The fraction of sp³-hybridized carbons (Fsp3) is 0.364. The highest BCUT2D eigenvalue weighted by atomic mass is 79.9. The van der Waals surface area contributed by atoms with E-state index in [2.05, 4.69) is 21.2 Å². The molecule has 0 unspecified atom stereocenters. The van der Waals surface area contributed by atoms with Crippen LogP contribution in [0.4, 0.5) is 5.69 Å². The minimum atomic E-state index is -3.74. The average Bonchev–Trinajstić information content (AvgIpc) is 2.70. The molecule has 2 rings (SSSR count). The molecule has 168 valence electrons. The van der Waals surface area contributed by atoms with Crippen LogP contribution in [0, 0.1) is 13.8 Å². The maximum absolute atomic E-state index is 13.3. The highest BCUT2D eigenvalue weighted by Crippen LogP contribution is 2.25. The first kappa shape index (κ1) is 24.9. The van der Waals surface area contributed by atoms with E-state index in [0.29, 0.717) is 5.69 Å². The highest BCUT2D eigenvalue weighted by Gasteiger charge is 2.29. The lowest BCUT2D eigenvalue weighted by Crippen LogP contribution is -2.50. The molecule has 2 aromatic carbocycles. The van der Waals surface area contributed by atoms with E-state index in [4.69, 9.17) is 0 Å². The van der Waals surface area contributed by atoms with Crippen molar-refractivity contribution in [2.45, 2.75) is 33.4 Å². The number of nitrogens with one attached hydrogen (secondary N) is 1. The van der Waals surface area contributed by atoms with Crippen LogP contribution in [0.3, 0.4) is 0 Å². The lowest BCUT2D eigenvalue weighted by molar-refractivity contribution is -0.139. The Bertz CT molecular complexity index is 1070. The van der Waals surface area contributed by atoms with Gasteiger partial charge in [-0.25, -0.2) is 8.42 Å². The van der Waals surface area contributed by atoms with Gasteiger partial charge in [-0.1, -0.05) is 45.8 Å². The van der Waals surface area contributed by atoms with E-state index < -0.39 is 28.5 Å². The van der Waals surface area contributed by atoms with Crippen LogP contribution in [-0.2, 0) is 26.2 Å². The number of benzene rings is 2. The number of nitrogens with zero attached hydrogens (tertiary/aromatic N) is 2. The SMILES string of the molecule is CNC(=O)[C@@H](C)N(Cc1cccc(C)c1)C(=O)CN(c1ccc(Br)c(C)c1)S(C)(=O)=O. The first-order valence-corrected chi connectivity index (χ1v) is 12.4. The van der Waals surface area contributed by atoms with Gasteiger partial charge >= 0.3 is 0 Å². The van der Waals surface area contributed by atoms with Crippen molar-refractivity contribution >= 4 is 43.5 Å². The van der Waals surface area contributed by atoms with E-state index in [1.165, 1.54) is 11.9 Å². The molecule has 0 aliphatic carbocycles. The van der Waals surface area contributed by atoms with E-state index in [0.717, 1.165) is 31.7 Å². The number of carbonyl (C=O) groups excluding carboxylic acids is 2. The Hall–Kier alpha value is -2.39. The van der Waals surface area contributed by atoms with Crippen molar-refractivity contribution in [2.75, 3.05) is 24.2 Å². The third kappa shape index (κ3) is 6.54. The summed E-state index contributed by atoms with van der Waals surface area (Å²) in [6.07, 6.45) is 1.06. The van der Waals surface area contributed by atoms with Gasteiger partial charge in [-0.3, -0.25) is 13.9 Å². The second-order valence-corrected chi connectivity index (χ2v) is 10.3. The Labute approximate surface area is 192 Å². The molecule has 7 nitrogen and oxygen atoms in total. The van der Waals surface area contributed by atoms with Crippen molar-refractivity contribution in [2.24, 2.45) is 0 Å². The predicted octanol–water partition coefficient (Wildman–Crippen LogP) is 3.00. The van der Waals surface area contributed by atoms with Gasteiger partial charge in [-0.15, -0.1) is 0 Å². The van der Waals surface area contributed by atoms with Crippen LogP contribution in [0.15, 0.2) is 46.9 Å². The van der Waals surface area contributed by atoms with Gasteiger partial charge in [-0.2, -0.15) is 0 Å². The quantitative estimate of drug-likeness (QED) is 0.592. The third-order valence-corrected chi connectivity index (χ3v) is 6.99. The number of hydrogen-bond donors (Lipinski definition) is 1. The Morgan fingerprint density at radius 1 is 1.13 bits per heavy atom. The first-order chi connectivity index (χ1) is 14.4. The minimum Gasteiger partial charge on any atom is -0.357 e. The van der Waals surface area contributed by atoms with Gasteiger partial charge in [0.05, 0.1) is 11.9 Å². The van der Waals surface area contributed by atoms with Gasteiger partial charge in [-0.05, 0) is 50.1 Å². The van der Waals surface area contributed by atoms with E-state index in [9.17, 15) is 18.0 Å². The molecule has 9 heteroatoms. The molecular formula is C22H28BrN3O4S. The van der Waals surface area contributed by atoms with Crippen molar-refractivity contribution in [1.29, 1.82) is 0 Å². The van der Waals surface area contributed by atoms with E-state index in [-0.39, 0.29) is 12.5 Å². The van der Waals surface area contributed by atoms with Crippen LogP contribution in [0.5, 0.6) is 0 Å². The summed E-state index contributed by atoms with van der Waals surface area (Å²) >= 11 is 3.40. The summed E-state index contributed by atoms with van der Waals surface area (Å²) in [6.45, 7) is 5.19. The maximum Gasteiger partial charge on any atom is 0.244 e.